The number of imidazole rings is 1. The molecule has 1 amide bonds. The molecule has 8 nitrogen and oxygen atoms in total. The quantitative estimate of drug-likeness (QED) is 0.759. The number of amides is 1. The SMILES string of the molecule is Cc1ccc(NC(=O)Cn2c(=O)c3c(ncn3C)n(C)c2=O)cc1C. The molecule has 8 heteroatoms. The number of benzene rings is 1. The lowest BCUT2D eigenvalue weighted by Crippen LogP contribution is -2.42. The summed E-state index contributed by atoms with van der Waals surface area (Å²) in [7, 11) is 3.19. The Morgan fingerprint density at radius 1 is 1.16 bits per heavy atom. The fourth-order valence-electron chi connectivity index (χ4n) is 2.70. The van der Waals surface area contributed by atoms with Crippen LogP contribution >= 0.6 is 0 Å². The smallest absolute Gasteiger partial charge is 0.328 e. The summed E-state index contributed by atoms with van der Waals surface area (Å²) in [5.41, 5.74) is 2.25. The zero-order valence-electron chi connectivity index (χ0n) is 14.5. The number of nitrogens with zero attached hydrogens (tertiary/aromatic N) is 4. The van der Waals surface area contributed by atoms with E-state index < -0.39 is 17.2 Å². The number of rotatable bonds is 3. The minimum absolute atomic E-state index is 0.279. The van der Waals surface area contributed by atoms with Gasteiger partial charge in [-0.05, 0) is 37.1 Å². The lowest BCUT2D eigenvalue weighted by molar-refractivity contribution is -0.116. The van der Waals surface area contributed by atoms with Crippen LogP contribution < -0.4 is 16.6 Å². The first kappa shape index (κ1) is 16.7. The summed E-state index contributed by atoms with van der Waals surface area (Å²) in [4.78, 5) is 41.3. The predicted molar refractivity (Wildman–Crippen MR) is 94.8 cm³/mol. The lowest BCUT2D eigenvalue weighted by atomic mass is 10.1. The molecule has 1 aromatic carbocycles. The van der Waals surface area contributed by atoms with Crippen LogP contribution in [0.4, 0.5) is 5.69 Å². The van der Waals surface area contributed by atoms with Gasteiger partial charge < -0.3 is 9.88 Å². The second kappa shape index (κ2) is 6.04. The van der Waals surface area contributed by atoms with Crippen molar-refractivity contribution >= 4 is 22.8 Å². The van der Waals surface area contributed by atoms with Gasteiger partial charge in [-0.1, -0.05) is 6.07 Å². The molecule has 2 aromatic heterocycles. The van der Waals surface area contributed by atoms with Crippen LogP contribution in [-0.2, 0) is 25.4 Å². The molecule has 130 valence electrons. The molecule has 3 rings (SSSR count). The third-order valence-electron chi connectivity index (χ3n) is 4.29. The zero-order valence-corrected chi connectivity index (χ0v) is 14.5. The van der Waals surface area contributed by atoms with Crippen molar-refractivity contribution in [3.63, 3.8) is 0 Å². The Bertz CT molecular complexity index is 1100. The van der Waals surface area contributed by atoms with Gasteiger partial charge in [-0.2, -0.15) is 0 Å². The lowest BCUT2D eigenvalue weighted by Gasteiger charge is -2.10. The molecular weight excluding hydrogens is 322 g/mol. The Hall–Kier alpha value is -3.16. The molecule has 25 heavy (non-hydrogen) atoms. The van der Waals surface area contributed by atoms with Gasteiger partial charge in [0.1, 0.15) is 6.54 Å². The largest absolute Gasteiger partial charge is 0.332 e. The normalized spacial score (nSPS) is 11.0. The highest BCUT2D eigenvalue weighted by Crippen LogP contribution is 2.14. The zero-order chi connectivity index (χ0) is 18.3. The first-order valence-corrected chi connectivity index (χ1v) is 7.77. The Morgan fingerprint density at radius 3 is 2.56 bits per heavy atom. The van der Waals surface area contributed by atoms with E-state index in [-0.39, 0.29) is 12.1 Å². The number of aromatic nitrogens is 4. The molecule has 0 radical (unpaired) electrons. The molecule has 0 bridgehead atoms. The first-order chi connectivity index (χ1) is 11.8. The number of hydrogen-bond acceptors (Lipinski definition) is 4. The number of hydrogen-bond donors (Lipinski definition) is 1. The number of carbonyl (C=O) groups is 1. The van der Waals surface area contributed by atoms with Gasteiger partial charge in [0.25, 0.3) is 5.56 Å². The second-order valence-electron chi connectivity index (χ2n) is 6.11. The maximum atomic E-state index is 12.6. The van der Waals surface area contributed by atoms with Crippen molar-refractivity contribution in [2.24, 2.45) is 14.1 Å². The molecule has 0 saturated carbocycles. The van der Waals surface area contributed by atoms with Gasteiger partial charge >= 0.3 is 5.69 Å². The minimum atomic E-state index is -0.577. The average molecular weight is 341 g/mol. The van der Waals surface area contributed by atoms with Crippen molar-refractivity contribution in [3.05, 3.63) is 56.5 Å². The summed E-state index contributed by atoms with van der Waals surface area (Å²) in [6.45, 7) is 3.56. The van der Waals surface area contributed by atoms with Crippen molar-refractivity contribution in [2.75, 3.05) is 5.32 Å². The van der Waals surface area contributed by atoms with E-state index in [9.17, 15) is 14.4 Å². The molecule has 0 saturated heterocycles. The molecule has 3 aromatic rings. The molecule has 0 aliphatic rings. The molecule has 0 unspecified atom stereocenters. The van der Waals surface area contributed by atoms with E-state index >= 15 is 0 Å². The van der Waals surface area contributed by atoms with E-state index in [1.54, 1.807) is 13.1 Å². The Kier molecular flexibility index (Phi) is 4.03. The van der Waals surface area contributed by atoms with Crippen LogP contribution in [0.2, 0.25) is 0 Å². The van der Waals surface area contributed by atoms with Crippen molar-refractivity contribution in [1.29, 1.82) is 0 Å². The summed E-state index contributed by atoms with van der Waals surface area (Å²) in [6, 6.07) is 5.53. The van der Waals surface area contributed by atoms with Crippen LogP contribution in [0.15, 0.2) is 34.1 Å². The van der Waals surface area contributed by atoms with Gasteiger partial charge in [-0.15, -0.1) is 0 Å². The highest BCUT2D eigenvalue weighted by atomic mass is 16.2. The van der Waals surface area contributed by atoms with Gasteiger partial charge in [-0.25, -0.2) is 14.3 Å². The molecule has 0 fully saturated rings. The Balaban J connectivity index is 1.96. The van der Waals surface area contributed by atoms with Gasteiger partial charge in [0, 0.05) is 19.8 Å². The van der Waals surface area contributed by atoms with Crippen molar-refractivity contribution in [2.45, 2.75) is 20.4 Å². The van der Waals surface area contributed by atoms with E-state index in [0.29, 0.717) is 11.3 Å². The van der Waals surface area contributed by atoms with Crippen LogP contribution in [0.3, 0.4) is 0 Å². The summed E-state index contributed by atoms with van der Waals surface area (Å²) < 4.78 is 3.72. The van der Waals surface area contributed by atoms with Crippen molar-refractivity contribution in [1.82, 2.24) is 18.7 Å². The number of anilines is 1. The number of aryl methyl sites for hydroxylation is 4. The fourth-order valence-corrected chi connectivity index (χ4v) is 2.70. The molecular formula is C17H19N5O3. The van der Waals surface area contributed by atoms with Crippen LogP contribution in [0.5, 0.6) is 0 Å². The molecule has 2 heterocycles. The van der Waals surface area contributed by atoms with Gasteiger partial charge in [0.2, 0.25) is 5.91 Å². The van der Waals surface area contributed by atoms with E-state index in [1.165, 1.54) is 22.5 Å². The highest BCUT2D eigenvalue weighted by molar-refractivity contribution is 5.90. The highest BCUT2D eigenvalue weighted by Gasteiger charge is 2.17. The molecule has 1 N–H and O–H groups in total. The van der Waals surface area contributed by atoms with E-state index in [4.69, 9.17) is 0 Å². The third-order valence-corrected chi connectivity index (χ3v) is 4.29. The van der Waals surface area contributed by atoms with E-state index in [0.717, 1.165) is 15.7 Å². The average Bonchev–Trinajstić information content (AvgIpc) is 2.95. The topological polar surface area (TPSA) is 90.9 Å². The summed E-state index contributed by atoms with van der Waals surface area (Å²) in [5.74, 6) is -0.441. The van der Waals surface area contributed by atoms with Crippen LogP contribution in [-0.4, -0.2) is 24.6 Å². The predicted octanol–water partition coefficient (Wildman–Crippen LogP) is 0.689. The number of fused-ring (bicyclic) bond motifs is 1. The standard InChI is InChI=1S/C17H19N5O3/c1-10-5-6-12(7-11(10)2)19-13(23)8-22-16(24)14-15(18-9-20(14)3)21(4)17(22)25/h5-7,9H,8H2,1-4H3,(H,19,23). The second-order valence-corrected chi connectivity index (χ2v) is 6.11. The van der Waals surface area contributed by atoms with Crippen LogP contribution in [0, 0.1) is 13.8 Å². The maximum Gasteiger partial charge on any atom is 0.332 e. The Labute approximate surface area is 143 Å². The first-order valence-electron chi connectivity index (χ1n) is 7.77. The van der Waals surface area contributed by atoms with Gasteiger partial charge in [0.15, 0.2) is 11.2 Å². The monoisotopic (exact) mass is 341 g/mol. The van der Waals surface area contributed by atoms with Crippen molar-refractivity contribution in [3.8, 4) is 0 Å². The van der Waals surface area contributed by atoms with E-state index in [1.807, 2.05) is 26.0 Å². The number of nitrogens with one attached hydrogen (secondary N) is 1. The van der Waals surface area contributed by atoms with Gasteiger partial charge in [0.05, 0.1) is 6.33 Å². The summed E-state index contributed by atoms with van der Waals surface area (Å²) >= 11 is 0. The third kappa shape index (κ3) is 2.86. The fraction of sp³-hybridized carbons (Fsp3) is 0.294. The summed E-state index contributed by atoms with van der Waals surface area (Å²) in [6.07, 6.45) is 1.46. The van der Waals surface area contributed by atoms with Gasteiger partial charge in [-0.3, -0.25) is 14.2 Å². The molecule has 0 aliphatic carbocycles. The van der Waals surface area contributed by atoms with Crippen LogP contribution in [0.1, 0.15) is 11.1 Å². The van der Waals surface area contributed by atoms with E-state index in [2.05, 4.69) is 10.3 Å². The van der Waals surface area contributed by atoms with Crippen LogP contribution in [0.25, 0.3) is 11.2 Å². The minimum Gasteiger partial charge on any atom is -0.328 e. The van der Waals surface area contributed by atoms with Crippen molar-refractivity contribution < 1.29 is 4.79 Å². The molecule has 0 atom stereocenters. The maximum absolute atomic E-state index is 12.6. The number of carbonyl (C=O) groups excluding carboxylic acids is 1. The Morgan fingerprint density at radius 2 is 1.88 bits per heavy atom. The summed E-state index contributed by atoms with van der Waals surface area (Å²) in [5, 5.41) is 2.72. The molecule has 0 spiro atoms. The molecule has 0 aliphatic heterocycles.